The van der Waals surface area contributed by atoms with E-state index in [2.05, 4.69) is 20.0 Å². The Balaban J connectivity index is 2.00. The Morgan fingerprint density at radius 3 is 2.85 bits per heavy atom. The molecule has 2 heterocycles. The number of pyridine rings is 1. The van der Waals surface area contributed by atoms with Crippen molar-refractivity contribution in [2.45, 2.75) is 18.2 Å². The number of thiazole rings is 1. The van der Waals surface area contributed by atoms with Gasteiger partial charge in [0.05, 0.1) is 9.90 Å². The molecule has 2 aromatic rings. The van der Waals surface area contributed by atoms with Crippen molar-refractivity contribution >= 4 is 27.2 Å². The number of hydrogen-bond donors (Lipinski definition) is 2. The van der Waals surface area contributed by atoms with E-state index in [4.69, 9.17) is 0 Å². The molecular formula is C12H16N4O2S2. The average molecular weight is 312 g/mol. The monoisotopic (exact) mass is 312 g/mol. The molecule has 0 saturated carbocycles. The van der Waals surface area contributed by atoms with Crippen molar-refractivity contribution in [3.8, 4) is 0 Å². The molecule has 0 aliphatic heterocycles. The van der Waals surface area contributed by atoms with Gasteiger partial charge in [-0.05, 0) is 13.0 Å². The third-order valence-electron chi connectivity index (χ3n) is 2.60. The molecule has 2 aromatic heterocycles. The third-order valence-corrected chi connectivity index (χ3v) is 5.08. The van der Waals surface area contributed by atoms with Crippen LogP contribution < -0.4 is 10.0 Å². The Labute approximate surface area is 122 Å². The standard InChI is InChI=1S/C12H16N4O2S2/c1-9-8-19-12(16-9)4-6-15-20(17,18)10-3-5-14-11(7-10)13-2/h3,5,7-8,15H,4,6H2,1-2H3,(H,13,14). The highest BCUT2D eigenvalue weighted by Crippen LogP contribution is 2.13. The Hall–Kier alpha value is -1.51. The Morgan fingerprint density at radius 2 is 2.20 bits per heavy atom. The van der Waals surface area contributed by atoms with E-state index in [1.54, 1.807) is 7.05 Å². The molecule has 0 radical (unpaired) electrons. The van der Waals surface area contributed by atoms with Gasteiger partial charge >= 0.3 is 0 Å². The molecule has 108 valence electrons. The van der Waals surface area contributed by atoms with Gasteiger partial charge in [0.15, 0.2) is 0 Å². The van der Waals surface area contributed by atoms with Crippen LogP contribution >= 0.6 is 11.3 Å². The van der Waals surface area contributed by atoms with Crippen LogP contribution in [0.25, 0.3) is 0 Å². The zero-order valence-electron chi connectivity index (χ0n) is 11.3. The van der Waals surface area contributed by atoms with Crippen molar-refractivity contribution in [3.63, 3.8) is 0 Å². The first-order valence-corrected chi connectivity index (χ1v) is 8.42. The summed E-state index contributed by atoms with van der Waals surface area (Å²) in [4.78, 5) is 8.49. The molecule has 8 heteroatoms. The predicted molar refractivity (Wildman–Crippen MR) is 79.5 cm³/mol. The van der Waals surface area contributed by atoms with Crippen LogP contribution in [0.5, 0.6) is 0 Å². The molecule has 0 bridgehead atoms. The fourth-order valence-electron chi connectivity index (χ4n) is 1.61. The van der Waals surface area contributed by atoms with Crippen LogP contribution in [-0.4, -0.2) is 32.0 Å². The lowest BCUT2D eigenvalue weighted by Crippen LogP contribution is -2.26. The minimum Gasteiger partial charge on any atom is -0.373 e. The number of nitrogens with one attached hydrogen (secondary N) is 2. The van der Waals surface area contributed by atoms with Gasteiger partial charge in [0.25, 0.3) is 0 Å². The van der Waals surface area contributed by atoms with E-state index in [1.807, 2.05) is 12.3 Å². The van der Waals surface area contributed by atoms with Gasteiger partial charge in [0.2, 0.25) is 10.0 Å². The number of aryl methyl sites for hydroxylation is 1. The van der Waals surface area contributed by atoms with Crippen LogP contribution in [0.15, 0.2) is 28.6 Å². The van der Waals surface area contributed by atoms with Crippen LogP contribution in [0, 0.1) is 6.92 Å². The summed E-state index contributed by atoms with van der Waals surface area (Å²) in [6, 6.07) is 2.96. The molecule has 0 aromatic carbocycles. The minimum absolute atomic E-state index is 0.201. The van der Waals surface area contributed by atoms with E-state index < -0.39 is 10.0 Å². The number of hydrogen-bond acceptors (Lipinski definition) is 6. The van der Waals surface area contributed by atoms with Crippen LogP contribution in [0.4, 0.5) is 5.82 Å². The van der Waals surface area contributed by atoms with E-state index in [0.717, 1.165) is 10.7 Å². The third kappa shape index (κ3) is 3.75. The Kier molecular flexibility index (Phi) is 4.69. The molecule has 6 nitrogen and oxygen atoms in total. The lowest BCUT2D eigenvalue weighted by atomic mass is 10.4. The smallest absolute Gasteiger partial charge is 0.240 e. The topological polar surface area (TPSA) is 84.0 Å². The van der Waals surface area contributed by atoms with E-state index in [9.17, 15) is 8.42 Å². The average Bonchev–Trinajstić information content (AvgIpc) is 2.84. The molecule has 0 aliphatic rings. The zero-order chi connectivity index (χ0) is 14.6. The van der Waals surface area contributed by atoms with Crippen LogP contribution in [-0.2, 0) is 16.4 Å². The summed E-state index contributed by atoms with van der Waals surface area (Å²) in [5.74, 6) is 0.517. The van der Waals surface area contributed by atoms with Crippen molar-refractivity contribution in [2.75, 3.05) is 18.9 Å². The van der Waals surface area contributed by atoms with Crippen LogP contribution in [0.3, 0.4) is 0 Å². The van der Waals surface area contributed by atoms with Gasteiger partial charge in [-0.25, -0.2) is 23.1 Å². The summed E-state index contributed by atoms with van der Waals surface area (Å²) in [5, 5.41) is 5.69. The minimum atomic E-state index is -3.51. The molecule has 0 fully saturated rings. The van der Waals surface area contributed by atoms with E-state index >= 15 is 0 Å². The van der Waals surface area contributed by atoms with Gasteiger partial charge in [0, 0.05) is 43.4 Å². The highest BCUT2D eigenvalue weighted by atomic mass is 32.2. The largest absolute Gasteiger partial charge is 0.373 e. The fraction of sp³-hybridized carbons (Fsp3) is 0.333. The summed E-state index contributed by atoms with van der Waals surface area (Å²) in [5.41, 5.74) is 0.959. The molecule has 0 aliphatic carbocycles. The molecule has 0 amide bonds. The zero-order valence-corrected chi connectivity index (χ0v) is 12.9. The van der Waals surface area contributed by atoms with Crippen molar-refractivity contribution in [1.29, 1.82) is 0 Å². The lowest BCUT2D eigenvalue weighted by molar-refractivity contribution is 0.581. The highest BCUT2D eigenvalue weighted by Gasteiger charge is 2.14. The summed E-state index contributed by atoms with van der Waals surface area (Å²) < 4.78 is 26.8. The fourth-order valence-corrected chi connectivity index (χ4v) is 3.43. The summed E-state index contributed by atoms with van der Waals surface area (Å²) in [7, 11) is -1.82. The van der Waals surface area contributed by atoms with Gasteiger partial charge in [-0.1, -0.05) is 0 Å². The van der Waals surface area contributed by atoms with Crippen LogP contribution in [0.1, 0.15) is 10.7 Å². The maximum atomic E-state index is 12.1. The molecule has 20 heavy (non-hydrogen) atoms. The highest BCUT2D eigenvalue weighted by molar-refractivity contribution is 7.89. The molecule has 2 rings (SSSR count). The number of anilines is 1. The summed E-state index contributed by atoms with van der Waals surface area (Å²) in [6.45, 7) is 2.24. The van der Waals surface area contributed by atoms with Crippen molar-refractivity contribution < 1.29 is 8.42 Å². The summed E-state index contributed by atoms with van der Waals surface area (Å²) in [6.07, 6.45) is 2.05. The van der Waals surface area contributed by atoms with E-state index in [1.165, 1.54) is 29.7 Å². The normalized spacial score (nSPS) is 11.5. The maximum Gasteiger partial charge on any atom is 0.240 e. The first-order chi connectivity index (χ1) is 9.51. The Morgan fingerprint density at radius 1 is 1.40 bits per heavy atom. The number of nitrogens with zero attached hydrogens (tertiary/aromatic N) is 2. The van der Waals surface area contributed by atoms with E-state index in [-0.39, 0.29) is 4.90 Å². The Bertz CT molecular complexity index is 682. The summed E-state index contributed by atoms with van der Waals surface area (Å²) >= 11 is 1.54. The molecule has 0 spiro atoms. The van der Waals surface area contributed by atoms with Gasteiger partial charge in [-0.2, -0.15) is 0 Å². The lowest BCUT2D eigenvalue weighted by Gasteiger charge is -2.07. The van der Waals surface area contributed by atoms with Crippen molar-refractivity contribution in [1.82, 2.24) is 14.7 Å². The molecule has 0 unspecified atom stereocenters. The van der Waals surface area contributed by atoms with Crippen LogP contribution in [0.2, 0.25) is 0 Å². The molecule has 2 N–H and O–H groups in total. The van der Waals surface area contributed by atoms with Gasteiger partial charge in [-0.15, -0.1) is 11.3 Å². The molecule has 0 saturated heterocycles. The second-order valence-electron chi connectivity index (χ2n) is 4.16. The second kappa shape index (κ2) is 6.29. The van der Waals surface area contributed by atoms with Crippen molar-refractivity contribution in [2.24, 2.45) is 0 Å². The molecule has 0 atom stereocenters. The first-order valence-electron chi connectivity index (χ1n) is 6.06. The van der Waals surface area contributed by atoms with E-state index in [0.29, 0.717) is 18.8 Å². The quantitative estimate of drug-likeness (QED) is 0.842. The predicted octanol–water partition coefficient (Wildman–Crippen LogP) is 1.41. The SMILES string of the molecule is CNc1cc(S(=O)(=O)NCCc2nc(C)cs2)ccn1. The number of sulfonamides is 1. The molecular weight excluding hydrogens is 296 g/mol. The second-order valence-corrected chi connectivity index (χ2v) is 6.87. The number of aromatic nitrogens is 2. The number of rotatable bonds is 6. The van der Waals surface area contributed by atoms with Gasteiger partial charge < -0.3 is 5.32 Å². The van der Waals surface area contributed by atoms with Gasteiger partial charge in [-0.3, -0.25) is 0 Å². The van der Waals surface area contributed by atoms with Crippen molar-refractivity contribution in [3.05, 3.63) is 34.4 Å². The van der Waals surface area contributed by atoms with Gasteiger partial charge in [0.1, 0.15) is 5.82 Å². The maximum absolute atomic E-state index is 12.1. The first kappa shape index (κ1) is 14.9.